The molecule has 5 nitrogen and oxygen atoms in total. The van der Waals surface area contributed by atoms with Crippen LogP contribution in [0.5, 0.6) is 0 Å². The quantitative estimate of drug-likeness (QED) is 0.925. The molecule has 2 fully saturated rings. The van der Waals surface area contributed by atoms with E-state index in [1.807, 2.05) is 31.2 Å². The highest BCUT2D eigenvalue weighted by Gasteiger charge is 2.46. The zero-order chi connectivity index (χ0) is 16.4. The number of aliphatic carboxylic acids is 1. The standard InChI is InChI=1S/C18H23NO4/c1-13-4-2-3-5-15(13)18(7-10-23-11-8-18)17(22)19-9-6-14(12-19)16(20)21/h2-5,14H,6-12H2,1H3,(H,20,21). The van der Waals surface area contributed by atoms with Crippen LogP contribution in [0.2, 0.25) is 0 Å². The molecule has 2 heterocycles. The average Bonchev–Trinajstić information content (AvgIpc) is 3.05. The van der Waals surface area contributed by atoms with Gasteiger partial charge in [0.25, 0.3) is 0 Å². The molecular weight excluding hydrogens is 294 g/mol. The van der Waals surface area contributed by atoms with Crippen molar-refractivity contribution in [1.29, 1.82) is 0 Å². The molecule has 1 aromatic rings. The molecule has 1 unspecified atom stereocenters. The number of carboxylic acids is 1. The Morgan fingerprint density at radius 2 is 1.96 bits per heavy atom. The van der Waals surface area contributed by atoms with E-state index in [1.165, 1.54) is 0 Å². The van der Waals surface area contributed by atoms with Gasteiger partial charge in [-0.2, -0.15) is 0 Å². The summed E-state index contributed by atoms with van der Waals surface area (Å²) in [4.78, 5) is 26.3. The fraction of sp³-hybridized carbons (Fsp3) is 0.556. The van der Waals surface area contributed by atoms with Crippen molar-refractivity contribution in [2.24, 2.45) is 5.92 Å². The number of amides is 1. The first-order valence-electron chi connectivity index (χ1n) is 8.20. The van der Waals surface area contributed by atoms with E-state index >= 15 is 0 Å². The lowest BCUT2D eigenvalue weighted by Gasteiger charge is -2.40. The Bertz CT molecular complexity index is 607. The van der Waals surface area contributed by atoms with Crippen molar-refractivity contribution >= 4 is 11.9 Å². The molecule has 1 aromatic carbocycles. The van der Waals surface area contributed by atoms with Crippen LogP contribution >= 0.6 is 0 Å². The third kappa shape index (κ3) is 2.85. The zero-order valence-corrected chi connectivity index (χ0v) is 13.5. The number of carboxylic acid groups (broad SMARTS) is 1. The van der Waals surface area contributed by atoms with E-state index < -0.39 is 17.3 Å². The van der Waals surface area contributed by atoms with E-state index in [0.29, 0.717) is 45.6 Å². The van der Waals surface area contributed by atoms with Crippen LogP contribution in [0, 0.1) is 12.8 Å². The maximum absolute atomic E-state index is 13.3. The highest BCUT2D eigenvalue weighted by atomic mass is 16.5. The Balaban J connectivity index is 1.92. The highest BCUT2D eigenvalue weighted by molar-refractivity contribution is 5.89. The van der Waals surface area contributed by atoms with Crippen LogP contribution in [0.3, 0.4) is 0 Å². The van der Waals surface area contributed by atoms with Gasteiger partial charge in [-0.25, -0.2) is 0 Å². The first-order valence-corrected chi connectivity index (χ1v) is 8.20. The van der Waals surface area contributed by atoms with Gasteiger partial charge in [-0.15, -0.1) is 0 Å². The van der Waals surface area contributed by atoms with Crippen LogP contribution < -0.4 is 0 Å². The Morgan fingerprint density at radius 3 is 2.57 bits per heavy atom. The highest BCUT2D eigenvalue weighted by Crippen LogP contribution is 2.39. The van der Waals surface area contributed by atoms with E-state index in [9.17, 15) is 14.7 Å². The van der Waals surface area contributed by atoms with Crippen LogP contribution in [0.1, 0.15) is 30.4 Å². The normalized spacial score (nSPS) is 23.7. The molecule has 1 amide bonds. The molecule has 0 aromatic heterocycles. The fourth-order valence-corrected chi connectivity index (χ4v) is 3.88. The van der Waals surface area contributed by atoms with E-state index in [0.717, 1.165) is 11.1 Å². The van der Waals surface area contributed by atoms with Gasteiger partial charge in [0.1, 0.15) is 0 Å². The second-order valence-corrected chi connectivity index (χ2v) is 6.58. The molecule has 1 atom stereocenters. The van der Waals surface area contributed by atoms with E-state index in [1.54, 1.807) is 4.90 Å². The molecule has 5 heteroatoms. The van der Waals surface area contributed by atoms with Gasteiger partial charge in [0, 0.05) is 26.3 Å². The average molecular weight is 317 g/mol. The third-order valence-corrected chi connectivity index (χ3v) is 5.24. The topological polar surface area (TPSA) is 66.8 Å². The van der Waals surface area contributed by atoms with Crippen molar-refractivity contribution in [2.75, 3.05) is 26.3 Å². The summed E-state index contributed by atoms with van der Waals surface area (Å²) in [6, 6.07) is 8.01. The monoisotopic (exact) mass is 317 g/mol. The van der Waals surface area contributed by atoms with Gasteiger partial charge >= 0.3 is 5.97 Å². The molecule has 0 bridgehead atoms. The van der Waals surface area contributed by atoms with Gasteiger partial charge < -0.3 is 14.7 Å². The van der Waals surface area contributed by atoms with Gasteiger partial charge in [0.15, 0.2) is 0 Å². The largest absolute Gasteiger partial charge is 0.481 e. The number of hydrogen-bond donors (Lipinski definition) is 1. The SMILES string of the molecule is Cc1ccccc1C1(C(=O)N2CCC(C(=O)O)C2)CCOCC1. The van der Waals surface area contributed by atoms with E-state index in [4.69, 9.17) is 4.74 Å². The first-order chi connectivity index (χ1) is 11.0. The Hall–Kier alpha value is -1.88. The summed E-state index contributed by atoms with van der Waals surface area (Å²) in [5, 5.41) is 9.19. The van der Waals surface area contributed by atoms with Crippen molar-refractivity contribution in [3.05, 3.63) is 35.4 Å². The summed E-state index contributed by atoms with van der Waals surface area (Å²) in [6.07, 6.45) is 1.86. The van der Waals surface area contributed by atoms with Crippen LogP contribution in [0.4, 0.5) is 0 Å². The molecule has 124 valence electrons. The molecule has 2 aliphatic heterocycles. The van der Waals surface area contributed by atoms with Crippen molar-refractivity contribution in [3.8, 4) is 0 Å². The van der Waals surface area contributed by atoms with E-state index in [2.05, 4.69) is 0 Å². The molecule has 2 saturated heterocycles. The lowest BCUT2D eigenvalue weighted by Crippen LogP contribution is -2.49. The van der Waals surface area contributed by atoms with Gasteiger partial charge in [-0.3, -0.25) is 9.59 Å². The lowest BCUT2D eigenvalue weighted by molar-refractivity contribution is -0.143. The van der Waals surface area contributed by atoms with Gasteiger partial charge in [0.05, 0.1) is 11.3 Å². The maximum Gasteiger partial charge on any atom is 0.308 e. The van der Waals surface area contributed by atoms with Crippen molar-refractivity contribution in [1.82, 2.24) is 4.90 Å². The minimum Gasteiger partial charge on any atom is -0.481 e. The zero-order valence-electron chi connectivity index (χ0n) is 13.5. The first kappa shape index (κ1) is 16.0. The summed E-state index contributed by atoms with van der Waals surface area (Å²) in [5.41, 5.74) is 1.60. The number of benzene rings is 1. The number of hydrogen-bond acceptors (Lipinski definition) is 3. The molecule has 3 rings (SSSR count). The second-order valence-electron chi connectivity index (χ2n) is 6.58. The number of carbonyl (C=O) groups excluding carboxylic acids is 1. The third-order valence-electron chi connectivity index (χ3n) is 5.24. The van der Waals surface area contributed by atoms with Crippen molar-refractivity contribution in [3.63, 3.8) is 0 Å². The Morgan fingerprint density at radius 1 is 1.26 bits per heavy atom. The van der Waals surface area contributed by atoms with Crippen LogP contribution in [0.25, 0.3) is 0 Å². The number of nitrogens with zero attached hydrogens (tertiary/aromatic N) is 1. The summed E-state index contributed by atoms with van der Waals surface area (Å²) in [7, 11) is 0. The summed E-state index contributed by atoms with van der Waals surface area (Å²) in [6.45, 7) is 4.02. The molecule has 0 radical (unpaired) electrons. The smallest absolute Gasteiger partial charge is 0.308 e. The van der Waals surface area contributed by atoms with Crippen LogP contribution in [-0.4, -0.2) is 48.2 Å². The lowest BCUT2D eigenvalue weighted by atomic mass is 9.71. The van der Waals surface area contributed by atoms with Crippen LogP contribution in [-0.2, 0) is 19.7 Å². The molecule has 0 saturated carbocycles. The molecule has 23 heavy (non-hydrogen) atoms. The van der Waals surface area contributed by atoms with Crippen molar-refractivity contribution < 1.29 is 19.4 Å². The van der Waals surface area contributed by atoms with Crippen LogP contribution in [0.15, 0.2) is 24.3 Å². The molecule has 2 aliphatic rings. The predicted octanol–water partition coefficient (Wildman–Crippen LogP) is 1.98. The van der Waals surface area contributed by atoms with E-state index in [-0.39, 0.29) is 5.91 Å². The van der Waals surface area contributed by atoms with Gasteiger partial charge in [-0.05, 0) is 37.3 Å². The minimum atomic E-state index is -0.808. The molecule has 0 spiro atoms. The minimum absolute atomic E-state index is 0.0684. The molecule has 0 aliphatic carbocycles. The summed E-state index contributed by atoms with van der Waals surface area (Å²) in [5.74, 6) is -1.18. The number of rotatable bonds is 3. The predicted molar refractivity (Wildman–Crippen MR) is 85.2 cm³/mol. The van der Waals surface area contributed by atoms with Gasteiger partial charge in [0.2, 0.25) is 5.91 Å². The van der Waals surface area contributed by atoms with Gasteiger partial charge in [-0.1, -0.05) is 24.3 Å². The maximum atomic E-state index is 13.3. The Labute approximate surface area is 136 Å². The summed E-state index contributed by atoms with van der Waals surface area (Å²) >= 11 is 0. The molecule has 1 N–H and O–H groups in total. The Kier molecular flexibility index (Phi) is 4.39. The second kappa shape index (κ2) is 6.32. The fourth-order valence-electron chi connectivity index (χ4n) is 3.88. The number of likely N-dealkylation sites (tertiary alicyclic amines) is 1. The molecular formula is C18H23NO4. The summed E-state index contributed by atoms with van der Waals surface area (Å²) < 4.78 is 5.49. The number of ether oxygens (including phenoxy) is 1. The van der Waals surface area contributed by atoms with Crippen molar-refractivity contribution in [2.45, 2.75) is 31.6 Å². The number of carbonyl (C=O) groups is 2. The number of aryl methyl sites for hydroxylation is 1.